The Labute approximate surface area is 115 Å². The second kappa shape index (κ2) is 5.06. The number of likely N-dealkylation sites (tertiary alicyclic amines) is 1. The standard InChI is InChI=1S/C15H25NO3/c1-11-7-13(11)14(17)16-9-15(10-16)8-12(3-5-18-2)4-6-19-15/h11-13H,3-10H2,1-2H3/t11-,12-,13+/m1/s1. The first-order valence-electron chi connectivity index (χ1n) is 7.55. The third kappa shape index (κ3) is 2.65. The van der Waals surface area contributed by atoms with E-state index in [1.165, 1.54) is 0 Å². The highest BCUT2D eigenvalue weighted by molar-refractivity contribution is 5.82. The van der Waals surface area contributed by atoms with Crippen LogP contribution in [0.5, 0.6) is 0 Å². The number of hydrogen-bond donors (Lipinski definition) is 0. The number of amides is 1. The van der Waals surface area contributed by atoms with Crippen molar-refractivity contribution < 1.29 is 14.3 Å². The molecule has 0 unspecified atom stereocenters. The summed E-state index contributed by atoms with van der Waals surface area (Å²) in [4.78, 5) is 14.1. The van der Waals surface area contributed by atoms with E-state index in [-0.39, 0.29) is 5.60 Å². The van der Waals surface area contributed by atoms with Gasteiger partial charge in [-0.05, 0) is 37.5 Å². The summed E-state index contributed by atoms with van der Waals surface area (Å²) in [6.45, 7) is 5.48. The van der Waals surface area contributed by atoms with Crippen LogP contribution in [0.4, 0.5) is 0 Å². The molecule has 19 heavy (non-hydrogen) atoms. The minimum atomic E-state index is -0.0234. The van der Waals surface area contributed by atoms with E-state index in [0.717, 1.165) is 52.0 Å². The Hall–Kier alpha value is -0.610. The topological polar surface area (TPSA) is 38.8 Å². The van der Waals surface area contributed by atoms with E-state index in [0.29, 0.717) is 23.7 Å². The number of ether oxygens (including phenoxy) is 2. The van der Waals surface area contributed by atoms with Crippen molar-refractivity contribution in [3.05, 3.63) is 0 Å². The van der Waals surface area contributed by atoms with Crippen LogP contribution >= 0.6 is 0 Å². The number of nitrogens with zero attached hydrogens (tertiary/aromatic N) is 1. The summed E-state index contributed by atoms with van der Waals surface area (Å²) in [6, 6.07) is 0. The second-order valence-electron chi connectivity index (χ2n) is 6.69. The fourth-order valence-corrected chi connectivity index (χ4v) is 3.59. The number of rotatable bonds is 4. The van der Waals surface area contributed by atoms with Gasteiger partial charge in [-0.15, -0.1) is 0 Å². The molecule has 2 aliphatic heterocycles. The van der Waals surface area contributed by atoms with Gasteiger partial charge in [0, 0.05) is 26.2 Å². The largest absolute Gasteiger partial charge is 0.385 e. The summed E-state index contributed by atoms with van der Waals surface area (Å²) < 4.78 is 11.2. The van der Waals surface area contributed by atoms with Crippen molar-refractivity contribution in [2.24, 2.45) is 17.8 Å². The molecule has 0 N–H and O–H groups in total. The molecule has 0 aromatic rings. The minimum Gasteiger partial charge on any atom is -0.385 e. The van der Waals surface area contributed by atoms with Gasteiger partial charge in [0.1, 0.15) is 5.60 Å². The lowest BCUT2D eigenvalue weighted by Gasteiger charge is -2.53. The van der Waals surface area contributed by atoms with E-state index in [2.05, 4.69) is 6.92 Å². The Kier molecular flexibility index (Phi) is 3.56. The average molecular weight is 267 g/mol. The van der Waals surface area contributed by atoms with Crippen molar-refractivity contribution in [2.45, 2.75) is 38.2 Å². The van der Waals surface area contributed by atoms with Crippen LogP contribution in [0.25, 0.3) is 0 Å². The molecular formula is C15H25NO3. The molecular weight excluding hydrogens is 242 g/mol. The lowest BCUT2D eigenvalue weighted by atomic mass is 9.79. The number of carbonyl (C=O) groups is 1. The highest BCUT2D eigenvalue weighted by Crippen LogP contribution is 2.43. The zero-order chi connectivity index (χ0) is 13.5. The van der Waals surface area contributed by atoms with Crippen LogP contribution in [0, 0.1) is 17.8 Å². The van der Waals surface area contributed by atoms with Gasteiger partial charge in [-0.3, -0.25) is 4.79 Å². The Morgan fingerprint density at radius 2 is 2.21 bits per heavy atom. The molecule has 1 amide bonds. The van der Waals surface area contributed by atoms with E-state index in [1.54, 1.807) is 7.11 Å². The Balaban J connectivity index is 1.48. The minimum absolute atomic E-state index is 0.0234. The maximum absolute atomic E-state index is 12.1. The highest BCUT2D eigenvalue weighted by atomic mass is 16.5. The van der Waals surface area contributed by atoms with Gasteiger partial charge in [-0.25, -0.2) is 0 Å². The molecule has 3 fully saturated rings. The summed E-state index contributed by atoms with van der Waals surface area (Å²) >= 11 is 0. The predicted molar refractivity (Wildman–Crippen MR) is 71.8 cm³/mol. The molecule has 3 atom stereocenters. The van der Waals surface area contributed by atoms with E-state index < -0.39 is 0 Å². The molecule has 2 saturated heterocycles. The molecule has 3 rings (SSSR count). The molecule has 1 saturated carbocycles. The van der Waals surface area contributed by atoms with E-state index in [1.807, 2.05) is 4.90 Å². The van der Waals surface area contributed by atoms with Crippen molar-refractivity contribution in [2.75, 3.05) is 33.4 Å². The fraction of sp³-hybridized carbons (Fsp3) is 0.933. The first-order chi connectivity index (χ1) is 9.13. The monoisotopic (exact) mass is 267 g/mol. The average Bonchev–Trinajstić information content (AvgIpc) is 3.10. The lowest BCUT2D eigenvalue weighted by Crippen LogP contribution is -2.67. The summed E-state index contributed by atoms with van der Waals surface area (Å²) in [5.41, 5.74) is -0.0234. The summed E-state index contributed by atoms with van der Waals surface area (Å²) in [5, 5.41) is 0. The fourth-order valence-electron chi connectivity index (χ4n) is 3.59. The summed E-state index contributed by atoms with van der Waals surface area (Å²) in [7, 11) is 1.76. The number of methoxy groups -OCH3 is 1. The van der Waals surface area contributed by atoms with Crippen molar-refractivity contribution in [3.63, 3.8) is 0 Å². The smallest absolute Gasteiger partial charge is 0.226 e. The molecule has 1 aliphatic carbocycles. The molecule has 0 aromatic carbocycles. The Morgan fingerprint density at radius 3 is 2.84 bits per heavy atom. The van der Waals surface area contributed by atoms with Crippen LogP contribution in [0.3, 0.4) is 0 Å². The maximum Gasteiger partial charge on any atom is 0.226 e. The van der Waals surface area contributed by atoms with E-state index in [9.17, 15) is 4.79 Å². The van der Waals surface area contributed by atoms with Gasteiger partial charge in [0.25, 0.3) is 0 Å². The van der Waals surface area contributed by atoms with Gasteiger partial charge in [0.05, 0.1) is 13.1 Å². The quantitative estimate of drug-likeness (QED) is 0.778. The third-order valence-corrected chi connectivity index (χ3v) is 5.02. The normalized spacial score (nSPS) is 36.1. The van der Waals surface area contributed by atoms with Crippen molar-refractivity contribution in [3.8, 4) is 0 Å². The van der Waals surface area contributed by atoms with Gasteiger partial charge in [-0.1, -0.05) is 6.92 Å². The molecule has 108 valence electrons. The van der Waals surface area contributed by atoms with Crippen LogP contribution in [-0.4, -0.2) is 49.8 Å². The molecule has 4 nitrogen and oxygen atoms in total. The second-order valence-corrected chi connectivity index (χ2v) is 6.69. The highest BCUT2D eigenvalue weighted by Gasteiger charge is 2.52. The number of hydrogen-bond acceptors (Lipinski definition) is 3. The van der Waals surface area contributed by atoms with Crippen LogP contribution in [0.15, 0.2) is 0 Å². The lowest BCUT2D eigenvalue weighted by molar-refractivity contribution is -0.190. The molecule has 4 heteroatoms. The Bertz CT molecular complexity index is 351. The molecule has 0 radical (unpaired) electrons. The summed E-state index contributed by atoms with van der Waals surface area (Å²) in [6.07, 6.45) is 4.44. The first kappa shape index (κ1) is 13.4. The first-order valence-corrected chi connectivity index (χ1v) is 7.55. The third-order valence-electron chi connectivity index (χ3n) is 5.02. The molecule has 0 aromatic heterocycles. The van der Waals surface area contributed by atoms with Crippen LogP contribution in [-0.2, 0) is 14.3 Å². The van der Waals surface area contributed by atoms with E-state index >= 15 is 0 Å². The molecule has 1 spiro atoms. The number of carbonyl (C=O) groups excluding carboxylic acids is 1. The van der Waals surface area contributed by atoms with Gasteiger partial charge in [0.2, 0.25) is 5.91 Å². The predicted octanol–water partition coefficient (Wildman–Crippen LogP) is 1.69. The molecule has 0 bridgehead atoms. The zero-order valence-electron chi connectivity index (χ0n) is 12.1. The summed E-state index contributed by atoms with van der Waals surface area (Å²) in [5.74, 6) is 1.97. The van der Waals surface area contributed by atoms with E-state index in [4.69, 9.17) is 9.47 Å². The maximum atomic E-state index is 12.1. The molecule has 2 heterocycles. The van der Waals surface area contributed by atoms with Gasteiger partial charge < -0.3 is 14.4 Å². The van der Waals surface area contributed by atoms with Crippen LogP contribution < -0.4 is 0 Å². The Morgan fingerprint density at radius 1 is 1.47 bits per heavy atom. The van der Waals surface area contributed by atoms with Gasteiger partial charge in [0.15, 0.2) is 0 Å². The van der Waals surface area contributed by atoms with Crippen LogP contribution in [0.2, 0.25) is 0 Å². The van der Waals surface area contributed by atoms with Gasteiger partial charge in [-0.2, -0.15) is 0 Å². The molecule has 3 aliphatic rings. The van der Waals surface area contributed by atoms with Crippen LogP contribution in [0.1, 0.15) is 32.6 Å². The zero-order valence-corrected chi connectivity index (χ0v) is 12.1. The van der Waals surface area contributed by atoms with Crippen molar-refractivity contribution >= 4 is 5.91 Å². The SMILES string of the molecule is COCC[C@@H]1CCOC2(C1)CN(C(=O)[C@H]1C[C@H]1C)C2. The van der Waals surface area contributed by atoms with Gasteiger partial charge >= 0.3 is 0 Å². The van der Waals surface area contributed by atoms with Crippen molar-refractivity contribution in [1.29, 1.82) is 0 Å². The van der Waals surface area contributed by atoms with Crippen molar-refractivity contribution in [1.82, 2.24) is 4.90 Å².